The van der Waals surface area contributed by atoms with E-state index in [-0.39, 0.29) is 5.78 Å². The molecule has 5 aromatic rings. The average Bonchev–Trinajstić information content (AvgIpc) is 3.40. The molecule has 0 aromatic heterocycles. The van der Waals surface area contributed by atoms with Gasteiger partial charge >= 0.3 is 0 Å². The highest BCUT2D eigenvalue weighted by Crippen LogP contribution is 2.38. The van der Waals surface area contributed by atoms with Crippen molar-refractivity contribution in [2.24, 2.45) is 5.92 Å². The first kappa shape index (κ1) is 36.0. The predicted octanol–water partition coefficient (Wildman–Crippen LogP) is 12.6. The molecule has 0 N–H and O–H groups in total. The fourth-order valence-corrected chi connectivity index (χ4v) is 9.13. The third-order valence-corrected chi connectivity index (χ3v) is 11.5. The summed E-state index contributed by atoms with van der Waals surface area (Å²) in [7, 11) is 0. The molecule has 1 fully saturated rings. The highest BCUT2D eigenvalue weighted by Gasteiger charge is 2.23. The first-order valence-corrected chi connectivity index (χ1v) is 20.0. The Kier molecular flexibility index (Phi) is 12.6. The van der Waals surface area contributed by atoms with E-state index in [0.29, 0.717) is 25.0 Å². The van der Waals surface area contributed by atoms with Gasteiger partial charge in [0.2, 0.25) is 0 Å². The molecule has 0 bridgehead atoms. The van der Waals surface area contributed by atoms with Crippen LogP contribution < -0.4 is 0 Å². The number of fused-ring (bicyclic) bond motifs is 3. The molecule has 6 rings (SSSR count). The van der Waals surface area contributed by atoms with Gasteiger partial charge < -0.3 is 0 Å². The van der Waals surface area contributed by atoms with Gasteiger partial charge in [-0.2, -0.15) is 0 Å². The van der Waals surface area contributed by atoms with Crippen molar-refractivity contribution in [1.82, 2.24) is 0 Å². The van der Waals surface area contributed by atoms with Crippen molar-refractivity contribution < 1.29 is 9.59 Å². The number of Topliss-reactive ketones (excluding diaryl/α,β-unsaturated/α-hetero) is 2. The van der Waals surface area contributed by atoms with Gasteiger partial charge in [0.25, 0.3) is 0 Å². The van der Waals surface area contributed by atoms with E-state index < -0.39 is 0 Å². The lowest BCUT2D eigenvalue weighted by Crippen LogP contribution is -2.13. The third-order valence-electron chi connectivity index (χ3n) is 11.5. The Morgan fingerprint density at radius 2 is 1.00 bits per heavy atom. The van der Waals surface area contributed by atoms with Gasteiger partial charge in [-0.3, -0.25) is 9.59 Å². The van der Waals surface area contributed by atoms with Gasteiger partial charge in [-0.1, -0.05) is 138 Å². The molecule has 1 aliphatic rings. The Morgan fingerprint density at radius 3 is 1.50 bits per heavy atom. The second-order valence-corrected chi connectivity index (χ2v) is 15.2. The molecule has 0 spiro atoms. The van der Waals surface area contributed by atoms with E-state index in [0.717, 1.165) is 64.3 Å². The molecule has 0 unspecified atom stereocenters. The lowest BCUT2D eigenvalue weighted by molar-refractivity contribution is -0.118. The van der Waals surface area contributed by atoms with Crippen molar-refractivity contribution >= 4 is 43.9 Å². The quantitative estimate of drug-likeness (QED) is 0.0597. The number of unbranched alkanes of at least 4 members (excludes halogenated alkanes) is 2. The largest absolute Gasteiger partial charge is 0.300 e. The fraction of sp³-hybridized carbons (Fsp3) is 0.458. The highest BCUT2D eigenvalue weighted by molar-refractivity contribution is 6.09. The molecule has 0 saturated heterocycles. The fourth-order valence-electron chi connectivity index (χ4n) is 9.13. The minimum Gasteiger partial charge on any atom is -0.300 e. The van der Waals surface area contributed by atoms with E-state index >= 15 is 0 Å². The SMILES string of the molecule is CCCCc1c(CC2CCCCCC2)c(CCCCC(=O)Cc2c3ccccc3c(CC(C)=O)c3ccccc23)c2ccccc2c1CCC. The van der Waals surface area contributed by atoms with Crippen LogP contribution in [0, 0.1) is 5.92 Å². The summed E-state index contributed by atoms with van der Waals surface area (Å²) in [4.78, 5) is 26.1. The van der Waals surface area contributed by atoms with Crippen LogP contribution in [-0.2, 0) is 48.1 Å². The number of carbonyl (C=O) groups excluding carboxylic acids is 2. The zero-order chi connectivity index (χ0) is 34.9. The monoisotopic (exact) mass is 666 g/mol. The van der Waals surface area contributed by atoms with Crippen molar-refractivity contribution in [3.05, 3.63) is 106 Å². The van der Waals surface area contributed by atoms with Crippen LogP contribution in [0.5, 0.6) is 0 Å². The Hall–Kier alpha value is -3.78. The third kappa shape index (κ3) is 8.22. The second kappa shape index (κ2) is 17.4. The molecule has 262 valence electrons. The van der Waals surface area contributed by atoms with Crippen LogP contribution >= 0.6 is 0 Å². The summed E-state index contributed by atoms with van der Waals surface area (Å²) in [6.07, 6.45) is 20.0. The molecule has 50 heavy (non-hydrogen) atoms. The molecular formula is C48H58O2. The number of ketones is 2. The molecule has 2 nitrogen and oxygen atoms in total. The van der Waals surface area contributed by atoms with E-state index in [1.54, 1.807) is 29.2 Å². The van der Waals surface area contributed by atoms with Gasteiger partial charge in [0, 0.05) is 19.3 Å². The predicted molar refractivity (Wildman–Crippen MR) is 214 cm³/mol. The molecule has 1 aliphatic carbocycles. The van der Waals surface area contributed by atoms with Crippen molar-refractivity contribution in [3.63, 3.8) is 0 Å². The summed E-state index contributed by atoms with van der Waals surface area (Å²) in [6, 6.07) is 25.9. The molecule has 0 atom stereocenters. The Balaban J connectivity index is 1.26. The zero-order valence-corrected chi connectivity index (χ0v) is 31.0. The average molecular weight is 667 g/mol. The number of hydrogen-bond acceptors (Lipinski definition) is 2. The molecular weight excluding hydrogens is 609 g/mol. The van der Waals surface area contributed by atoms with Crippen molar-refractivity contribution in [1.29, 1.82) is 0 Å². The summed E-state index contributed by atoms with van der Waals surface area (Å²) in [5.74, 6) is 1.26. The minimum atomic E-state index is 0.159. The standard InChI is InChI=1S/C48H58O2/c1-4-6-23-40-37(19-5-2)38-24-13-14-25-39(38)41(47(40)32-35-20-9-7-8-10-21-35)26-12-11-22-36(50)33-48-44-29-17-15-27-42(44)46(31-34(3)49)43-28-16-18-30-45(43)48/h13-18,24-25,27-30,35H,4-12,19-23,26,31-33H2,1-3H3. The number of carbonyl (C=O) groups is 2. The lowest BCUT2D eigenvalue weighted by atomic mass is 9.79. The Bertz CT molecular complexity index is 1880. The second-order valence-electron chi connectivity index (χ2n) is 15.2. The van der Waals surface area contributed by atoms with Crippen molar-refractivity contribution in [3.8, 4) is 0 Å². The molecule has 0 amide bonds. The van der Waals surface area contributed by atoms with E-state index in [4.69, 9.17) is 0 Å². The maximum absolute atomic E-state index is 13.8. The number of benzene rings is 5. The van der Waals surface area contributed by atoms with E-state index in [1.807, 2.05) is 12.1 Å². The van der Waals surface area contributed by atoms with Gasteiger partial charge in [0.15, 0.2) is 0 Å². The Labute approximate surface area is 301 Å². The first-order valence-electron chi connectivity index (χ1n) is 20.0. The summed E-state index contributed by atoms with van der Waals surface area (Å²) < 4.78 is 0. The van der Waals surface area contributed by atoms with Crippen LogP contribution in [0.25, 0.3) is 32.3 Å². The summed E-state index contributed by atoms with van der Waals surface area (Å²) in [5.41, 5.74) is 8.75. The summed E-state index contributed by atoms with van der Waals surface area (Å²) >= 11 is 0. The lowest BCUT2D eigenvalue weighted by Gasteiger charge is -2.26. The van der Waals surface area contributed by atoms with E-state index in [9.17, 15) is 9.59 Å². The molecule has 0 heterocycles. The first-order chi connectivity index (χ1) is 24.5. The van der Waals surface area contributed by atoms with Gasteiger partial charge in [0.05, 0.1) is 0 Å². The molecule has 2 heteroatoms. The van der Waals surface area contributed by atoms with Gasteiger partial charge in [0.1, 0.15) is 11.6 Å². The van der Waals surface area contributed by atoms with Crippen molar-refractivity contribution in [2.45, 2.75) is 136 Å². The van der Waals surface area contributed by atoms with Gasteiger partial charge in [-0.25, -0.2) is 0 Å². The van der Waals surface area contributed by atoms with Crippen LogP contribution in [0.3, 0.4) is 0 Å². The van der Waals surface area contributed by atoms with Crippen LogP contribution in [0.2, 0.25) is 0 Å². The topological polar surface area (TPSA) is 34.1 Å². The maximum atomic E-state index is 13.8. The van der Waals surface area contributed by atoms with Gasteiger partial charge in [-0.05, 0) is 123 Å². The molecule has 0 radical (unpaired) electrons. The van der Waals surface area contributed by atoms with Crippen molar-refractivity contribution in [2.75, 3.05) is 0 Å². The van der Waals surface area contributed by atoms with Crippen LogP contribution in [0.1, 0.15) is 131 Å². The summed E-state index contributed by atoms with van der Waals surface area (Å²) in [6.45, 7) is 6.32. The van der Waals surface area contributed by atoms with Crippen LogP contribution in [-0.4, -0.2) is 11.6 Å². The highest BCUT2D eigenvalue weighted by atomic mass is 16.1. The maximum Gasteiger partial charge on any atom is 0.137 e. The zero-order valence-electron chi connectivity index (χ0n) is 31.0. The van der Waals surface area contributed by atoms with E-state index in [1.165, 1.54) is 81.4 Å². The van der Waals surface area contributed by atoms with E-state index in [2.05, 4.69) is 74.5 Å². The smallest absolute Gasteiger partial charge is 0.137 e. The van der Waals surface area contributed by atoms with Gasteiger partial charge in [-0.15, -0.1) is 0 Å². The Morgan fingerprint density at radius 1 is 0.520 bits per heavy atom. The molecule has 5 aromatic carbocycles. The molecule has 0 aliphatic heterocycles. The van der Waals surface area contributed by atoms with Crippen LogP contribution in [0.15, 0.2) is 72.8 Å². The van der Waals surface area contributed by atoms with Crippen LogP contribution in [0.4, 0.5) is 0 Å². The minimum absolute atomic E-state index is 0.159. The molecule has 1 saturated carbocycles. The normalized spacial score (nSPS) is 14.1. The summed E-state index contributed by atoms with van der Waals surface area (Å²) in [5, 5.41) is 7.36. The number of hydrogen-bond donors (Lipinski definition) is 0. The number of aryl methyl sites for hydroxylation is 2. The number of rotatable bonds is 16.